The average molecular weight is 299 g/mol. The van der Waals surface area contributed by atoms with Crippen LogP contribution in [0.1, 0.15) is 18.4 Å². The van der Waals surface area contributed by atoms with Gasteiger partial charge in [0.1, 0.15) is 5.82 Å². The molecular formula is C16H17N3OS. The quantitative estimate of drug-likeness (QED) is 0.882. The molecule has 1 saturated carbocycles. The molecule has 1 fully saturated rings. The van der Waals surface area contributed by atoms with Crippen LogP contribution in [0.5, 0.6) is 0 Å². The zero-order valence-corrected chi connectivity index (χ0v) is 12.4. The Hall–Kier alpha value is -1.88. The first-order chi connectivity index (χ1) is 10.3. The normalized spacial score (nSPS) is 26.4. The zero-order chi connectivity index (χ0) is 14.2. The Morgan fingerprint density at radius 1 is 1.38 bits per heavy atom. The number of nitrogens with one attached hydrogen (secondary N) is 1. The smallest absolute Gasteiger partial charge is 0.229 e. The first-order valence-corrected chi connectivity index (χ1v) is 8.26. The fourth-order valence-corrected chi connectivity index (χ4v) is 4.08. The van der Waals surface area contributed by atoms with Crippen molar-refractivity contribution in [1.29, 1.82) is 0 Å². The summed E-state index contributed by atoms with van der Waals surface area (Å²) in [5.41, 5.74) is 1.21. The molecule has 2 aliphatic rings. The number of nitrogens with zero attached hydrogens (tertiary/aromatic N) is 2. The van der Waals surface area contributed by atoms with Gasteiger partial charge in [0.2, 0.25) is 5.91 Å². The standard InChI is InChI=1S/C16H17N3OS/c20-16(14-8-11-1-2-13(14)7-11)18-15-3-5-17-19(15)9-12-4-6-21-10-12/h1-6,10-11,13-14H,7-9H2,(H,18,20). The average Bonchev–Trinajstić information content (AvgIpc) is 3.23. The summed E-state index contributed by atoms with van der Waals surface area (Å²) in [6.45, 7) is 0.697. The van der Waals surface area contributed by atoms with Crippen molar-refractivity contribution in [3.63, 3.8) is 0 Å². The topological polar surface area (TPSA) is 46.9 Å². The highest BCUT2D eigenvalue weighted by molar-refractivity contribution is 7.07. The largest absolute Gasteiger partial charge is 0.311 e. The van der Waals surface area contributed by atoms with Crippen molar-refractivity contribution in [2.75, 3.05) is 5.32 Å². The van der Waals surface area contributed by atoms with Crippen molar-refractivity contribution in [2.45, 2.75) is 19.4 Å². The molecule has 1 N–H and O–H groups in total. The van der Waals surface area contributed by atoms with Gasteiger partial charge < -0.3 is 5.32 Å². The lowest BCUT2D eigenvalue weighted by Crippen LogP contribution is -2.27. The summed E-state index contributed by atoms with van der Waals surface area (Å²) in [6.07, 6.45) is 8.34. The Morgan fingerprint density at radius 2 is 2.33 bits per heavy atom. The Kier molecular flexibility index (Phi) is 3.15. The number of carbonyl (C=O) groups excluding carboxylic acids is 1. The van der Waals surface area contributed by atoms with Gasteiger partial charge in [0, 0.05) is 12.0 Å². The summed E-state index contributed by atoms with van der Waals surface area (Å²) in [7, 11) is 0. The molecule has 5 heteroatoms. The van der Waals surface area contributed by atoms with Gasteiger partial charge in [-0.3, -0.25) is 4.79 Å². The van der Waals surface area contributed by atoms with E-state index in [2.05, 4.69) is 39.4 Å². The second-order valence-electron chi connectivity index (χ2n) is 5.88. The van der Waals surface area contributed by atoms with Gasteiger partial charge in [-0.2, -0.15) is 16.4 Å². The van der Waals surface area contributed by atoms with Gasteiger partial charge in [0.15, 0.2) is 0 Å². The van der Waals surface area contributed by atoms with E-state index < -0.39 is 0 Å². The molecule has 0 aliphatic heterocycles. The maximum Gasteiger partial charge on any atom is 0.229 e. The number of amides is 1. The fraction of sp³-hybridized carbons (Fsp3) is 0.375. The fourth-order valence-electron chi connectivity index (χ4n) is 3.42. The van der Waals surface area contributed by atoms with Crippen molar-refractivity contribution in [2.24, 2.45) is 17.8 Å². The monoisotopic (exact) mass is 299 g/mol. The summed E-state index contributed by atoms with van der Waals surface area (Å²) >= 11 is 1.67. The minimum Gasteiger partial charge on any atom is -0.311 e. The van der Waals surface area contributed by atoms with Crippen LogP contribution in [0.4, 0.5) is 5.82 Å². The van der Waals surface area contributed by atoms with Crippen molar-refractivity contribution < 1.29 is 4.79 Å². The number of carbonyl (C=O) groups is 1. The summed E-state index contributed by atoms with van der Waals surface area (Å²) in [5, 5.41) is 11.5. The molecule has 108 valence electrons. The second-order valence-corrected chi connectivity index (χ2v) is 6.66. The molecule has 0 spiro atoms. The summed E-state index contributed by atoms with van der Waals surface area (Å²) < 4.78 is 1.85. The molecule has 0 radical (unpaired) electrons. The Labute approximate surface area is 127 Å². The summed E-state index contributed by atoms with van der Waals surface area (Å²) in [5.74, 6) is 2.10. The Balaban J connectivity index is 1.46. The number of anilines is 1. The third kappa shape index (κ3) is 2.42. The molecule has 2 heterocycles. The Morgan fingerprint density at radius 3 is 3.05 bits per heavy atom. The first-order valence-electron chi connectivity index (χ1n) is 7.31. The van der Waals surface area contributed by atoms with Crippen LogP contribution in [0.15, 0.2) is 41.2 Å². The van der Waals surface area contributed by atoms with E-state index in [0.29, 0.717) is 18.4 Å². The van der Waals surface area contributed by atoms with Gasteiger partial charge in [-0.1, -0.05) is 12.2 Å². The molecule has 4 nitrogen and oxygen atoms in total. The maximum absolute atomic E-state index is 12.5. The van der Waals surface area contributed by atoms with Crippen molar-refractivity contribution in [1.82, 2.24) is 9.78 Å². The highest BCUT2D eigenvalue weighted by Crippen LogP contribution is 2.43. The van der Waals surface area contributed by atoms with E-state index in [0.717, 1.165) is 18.7 Å². The molecule has 2 aromatic rings. The van der Waals surface area contributed by atoms with E-state index >= 15 is 0 Å². The van der Waals surface area contributed by atoms with Gasteiger partial charge in [0.05, 0.1) is 12.7 Å². The third-order valence-corrected chi connectivity index (χ3v) is 5.23. The van der Waals surface area contributed by atoms with Crippen LogP contribution < -0.4 is 5.32 Å². The van der Waals surface area contributed by atoms with Gasteiger partial charge >= 0.3 is 0 Å². The summed E-state index contributed by atoms with van der Waals surface area (Å²) in [4.78, 5) is 12.5. The number of hydrogen-bond acceptors (Lipinski definition) is 3. The van der Waals surface area contributed by atoms with E-state index in [1.165, 1.54) is 5.56 Å². The third-order valence-electron chi connectivity index (χ3n) is 4.50. The minimum atomic E-state index is 0.129. The van der Waals surface area contributed by atoms with Crippen LogP contribution in [0.3, 0.4) is 0 Å². The highest BCUT2D eigenvalue weighted by atomic mass is 32.1. The number of hydrogen-bond donors (Lipinski definition) is 1. The molecule has 0 saturated heterocycles. The molecule has 3 unspecified atom stereocenters. The van der Waals surface area contributed by atoms with Crippen LogP contribution in [-0.4, -0.2) is 15.7 Å². The predicted molar refractivity (Wildman–Crippen MR) is 83.1 cm³/mol. The zero-order valence-electron chi connectivity index (χ0n) is 11.6. The van der Waals surface area contributed by atoms with E-state index in [9.17, 15) is 4.79 Å². The number of thiophene rings is 1. The number of aromatic nitrogens is 2. The number of allylic oxidation sites excluding steroid dienone is 2. The molecular weight excluding hydrogens is 282 g/mol. The lowest BCUT2D eigenvalue weighted by molar-refractivity contribution is -0.120. The van der Waals surface area contributed by atoms with Crippen LogP contribution in [0, 0.1) is 17.8 Å². The van der Waals surface area contributed by atoms with Crippen LogP contribution in [-0.2, 0) is 11.3 Å². The molecule has 3 atom stereocenters. The van der Waals surface area contributed by atoms with Gasteiger partial charge in [-0.05, 0) is 47.1 Å². The SMILES string of the molecule is O=C(Nc1ccnn1Cc1ccsc1)C1CC2C=CC1C2. The van der Waals surface area contributed by atoms with Crippen molar-refractivity contribution in [3.8, 4) is 0 Å². The number of rotatable bonds is 4. The second kappa shape index (κ2) is 5.15. The molecule has 2 aromatic heterocycles. The number of fused-ring (bicyclic) bond motifs is 2. The van der Waals surface area contributed by atoms with Crippen LogP contribution >= 0.6 is 11.3 Å². The lowest BCUT2D eigenvalue weighted by atomic mass is 9.93. The lowest BCUT2D eigenvalue weighted by Gasteiger charge is -2.18. The molecule has 2 aliphatic carbocycles. The first kappa shape index (κ1) is 12.8. The molecule has 21 heavy (non-hydrogen) atoms. The molecule has 1 amide bonds. The molecule has 0 aromatic carbocycles. The summed E-state index contributed by atoms with van der Waals surface area (Å²) in [6, 6.07) is 3.95. The predicted octanol–water partition coefficient (Wildman–Crippen LogP) is 3.14. The van der Waals surface area contributed by atoms with E-state index in [1.807, 2.05) is 10.7 Å². The molecule has 2 bridgehead atoms. The Bertz CT molecular complexity index is 674. The van der Waals surface area contributed by atoms with E-state index in [1.54, 1.807) is 17.5 Å². The van der Waals surface area contributed by atoms with Crippen LogP contribution in [0.2, 0.25) is 0 Å². The molecule has 4 rings (SSSR count). The van der Waals surface area contributed by atoms with Crippen molar-refractivity contribution in [3.05, 3.63) is 46.8 Å². The maximum atomic E-state index is 12.5. The van der Waals surface area contributed by atoms with Gasteiger partial charge in [-0.25, -0.2) is 4.68 Å². The van der Waals surface area contributed by atoms with E-state index in [-0.39, 0.29) is 11.8 Å². The minimum absolute atomic E-state index is 0.129. The van der Waals surface area contributed by atoms with Gasteiger partial charge in [0.25, 0.3) is 0 Å². The van der Waals surface area contributed by atoms with Crippen molar-refractivity contribution >= 4 is 23.1 Å². The highest BCUT2D eigenvalue weighted by Gasteiger charge is 2.39. The van der Waals surface area contributed by atoms with E-state index in [4.69, 9.17) is 0 Å². The van der Waals surface area contributed by atoms with Crippen LogP contribution in [0.25, 0.3) is 0 Å². The van der Waals surface area contributed by atoms with Gasteiger partial charge in [-0.15, -0.1) is 0 Å².